The van der Waals surface area contributed by atoms with Gasteiger partial charge in [-0.25, -0.2) is 0 Å². The van der Waals surface area contributed by atoms with Crippen LogP contribution in [0, 0.1) is 6.92 Å². The summed E-state index contributed by atoms with van der Waals surface area (Å²) in [6, 6.07) is 16.4. The third kappa shape index (κ3) is 2.82. The lowest BCUT2D eigenvalue weighted by Gasteiger charge is -2.07. The van der Waals surface area contributed by atoms with Crippen LogP contribution in [-0.2, 0) is 12.8 Å². The number of rotatable bonds is 4. The normalized spacial score (nSPS) is 13.4. The summed E-state index contributed by atoms with van der Waals surface area (Å²) in [6.07, 6.45) is 3.42. The van der Waals surface area contributed by atoms with Crippen LogP contribution >= 0.6 is 11.8 Å². The number of benzene rings is 2. The highest BCUT2D eigenvalue weighted by Gasteiger charge is 2.16. The van der Waals surface area contributed by atoms with Gasteiger partial charge in [0.25, 0.3) is 0 Å². The highest BCUT2D eigenvalue weighted by Crippen LogP contribution is 2.27. The Balaban J connectivity index is 1.45. The van der Waals surface area contributed by atoms with Gasteiger partial charge >= 0.3 is 0 Å². The van der Waals surface area contributed by atoms with Crippen molar-refractivity contribution in [2.45, 2.75) is 31.3 Å². The predicted molar refractivity (Wildman–Crippen MR) is 109 cm³/mol. The average Bonchev–Trinajstić information content (AvgIpc) is 3.32. The maximum Gasteiger partial charge on any atom is 0.196 e. The van der Waals surface area contributed by atoms with E-state index in [0.717, 1.165) is 34.7 Å². The molecule has 2 aromatic heterocycles. The zero-order valence-electron chi connectivity index (χ0n) is 15.1. The molecule has 0 spiro atoms. The number of nitrogens with zero attached hydrogens (tertiary/aromatic N) is 3. The number of ketones is 1. The number of para-hydroxylation sites is 1. The highest BCUT2D eigenvalue weighted by molar-refractivity contribution is 7.99. The third-order valence-electron chi connectivity index (χ3n) is 5.33. The van der Waals surface area contributed by atoms with E-state index in [1.54, 1.807) is 0 Å². The number of aryl methyl sites for hydroxylation is 3. The van der Waals surface area contributed by atoms with Crippen molar-refractivity contribution in [2.24, 2.45) is 0 Å². The molecule has 0 saturated heterocycles. The molecular weight excluding hydrogens is 354 g/mol. The van der Waals surface area contributed by atoms with Gasteiger partial charge in [0, 0.05) is 10.9 Å². The molecule has 1 aliphatic carbocycles. The maximum absolute atomic E-state index is 12.7. The first-order chi connectivity index (χ1) is 13.2. The van der Waals surface area contributed by atoms with Crippen LogP contribution in [0.3, 0.4) is 0 Å². The molecule has 2 aromatic carbocycles. The molecule has 0 unspecified atom stereocenters. The fourth-order valence-electron chi connectivity index (χ4n) is 3.93. The van der Waals surface area contributed by atoms with Gasteiger partial charge in [-0.2, -0.15) is 0 Å². The average molecular weight is 373 g/mol. The van der Waals surface area contributed by atoms with Crippen LogP contribution in [0.4, 0.5) is 0 Å². The molecule has 2 heterocycles. The lowest BCUT2D eigenvalue weighted by molar-refractivity contribution is 0.102. The Morgan fingerprint density at radius 2 is 1.93 bits per heavy atom. The fourth-order valence-corrected chi connectivity index (χ4v) is 4.77. The Morgan fingerprint density at radius 1 is 1.07 bits per heavy atom. The molecule has 0 bridgehead atoms. The van der Waals surface area contributed by atoms with Gasteiger partial charge in [0.05, 0.1) is 11.3 Å². The van der Waals surface area contributed by atoms with E-state index in [1.807, 2.05) is 28.7 Å². The van der Waals surface area contributed by atoms with Crippen LogP contribution in [0.25, 0.3) is 16.6 Å². The number of Topliss-reactive ketones (excluding diaryl/α,β-unsaturated/α-hetero) is 1. The number of fused-ring (bicyclic) bond motifs is 4. The topological polar surface area (TPSA) is 47.3 Å². The van der Waals surface area contributed by atoms with E-state index < -0.39 is 0 Å². The van der Waals surface area contributed by atoms with Crippen molar-refractivity contribution >= 4 is 34.1 Å². The molecule has 0 amide bonds. The Labute approximate surface area is 161 Å². The second-order valence-electron chi connectivity index (χ2n) is 7.07. The quantitative estimate of drug-likeness (QED) is 0.386. The van der Waals surface area contributed by atoms with Gasteiger partial charge in [-0.15, -0.1) is 10.2 Å². The molecule has 27 heavy (non-hydrogen) atoms. The van der Waals surface area contributed by atoms with E-state index >= 15 is 0 Å². The standard InChI is InChI=1S/C22H19N3OS/c1-14-11-21-23-24-22(25(21)19-8-3-2-7-18(14)19)27-13-20(26)17-10-9-15-5-4-6-16(15)12-17/h2-3,7-12H,4-6,13H2,1H3. The van der Waals surface area contributed by atoms with Gasteiger partial charge in [0.2, 0.25) is 0 Å². The molecule has 0 aliphatic heterocycles. The lowest BCUT2D eigenvalue weighted by atomic mass is 10.0. The molecule has 0 radical (unpaired) electrons. The summed E-state index contributed by atoms with van der Waals surface area (Å²) in [5, 5.41) is 10.6. The largest absolute Gasteiger partial charge is 0.293 e. The summed E-state index contributed by atoms with van der Waals surface area (Å²) in [4.78, 5) is 12.7. The molecular formula is C22H19N3OS. The summed E-state index contributed by atoms with van der Waals surface area (Å²) in [7, 11) is 0. The minimum absolute atomic E-state index is 0.142. The lowest BCUT2D eigenvalue weighted by Crippen LogP contribution is -2.04. The molecule has 5 heteroatoms. The monoisotopic (exact) mass is 373 g/mol. The van der Waals surface area contributed by atoms with E-state index in [0.29, 0.717) is 5.75 Å². The summed E-state index contributed by atoms with van der Waals surface area (Å²) < 4.78 is 2.04. The van der Waals surface area contributed by atoms with Gasteiger partial charge in [-0.1, -0.05) is 42.1 Å². The van der Waals surface area contributed by atoms with E-state index in [4.69, 9.17) is 0 Å². The van der Waals surface area contributed by atoms with Crippen molar-refractivity contribution in [3.05, 3.63) is 70.8 Å². The molecule has 1 aliphatic rings. The summed E-state index contributed by atoms with van der Waals surface area (Å²) in [5.74, 6) is 0.504. The molecule has 4 nitrogen and oxygen atoms in total. The number of pyridine rings is 1. The van der Waals surface area contributed by atoms with E-state index in [1.165, 1.54) is 40.3 Å². The highest BCUT2D eigenvalue weighted by atomic mass is 32.2. The molecule has 0 atom stereocenters. The summed E-state index contributed by atoms with van der Waals surface area (Å²) >= 11 is 1.45. The van der Waals surface area contributed by atoms with Gasteiger partial charge < -0.3 is 0 Å². The van der Waals surface area contributed by atoms with Crippen LogP contribution < -0.4 is 0 Å². The zero-order valence-corrected chi connectivity index (χ0v) is 15.9. The van der Waals surface area contributed by atoms with Gasteiger partial charge in [-0.3, -0.25) is 9.20 Å². The van der Waals surface area contributed by atoms with Crippen molar-refractivity contribution in [3.63, 3.8) is 0 Å². The van der Waals surface area contributed by atoms with Crippen molar-refractivity contribution < 1.29 is 4.79 Å². The number of carbonyl (C=O) groups excluding carboxylic acids is 1. The van der Waals surface area contributed by atoms with Gasteiger partial charge in [0.1, 0.15) is 0 Å². The van der Waals surface area contributed by atoms with E-state index in [-0.39, 0.29) is 5.78 Å². The van der Waals surface area contributed by atoms with Crippen molar-refractivity contribution in [3.8, 4) is 0 Å². The number of hydrogen-bond acceptors (Lipinski definition) is 4. The Morgan fingerprint density at radius 3 is 2.85 bits per heavy atom. The zero-order chi connectivity index (χ0) is 18.4. The van der Waals surface area contributed by atoms with Crippen molar-refractivity contribution in [1.29, 1.82) is 0 Å². The Hall–Kier alpha value is -2.66. The molecule has 0 fully saturated rings. The minimum atomic E-state index is 0.142. The predicted octanol–water partition coefficient (Wildman–Crippen LogP) is 4.65. The smallest absolute Gasteiger partial charge is 0.196 e. The van der Waals surface area contributed by atoms with Crippen molar-refractivity contribution in [2.75, 3.05) is 5.75 Å². The summed E-state index contributed by atoms with van der Waals surface area (Å²) in [5.41, 5.74) is 6.60. The van der Waals surface area contributed by atoms with Crippen molar-refractivity contribution in [1.82, 2.24) is 14.6 Å². The van der Waals surface area contributed by atoms with Gasteiger partial charge in [-0.05, 0) is 61.1 Å². The third-order valence-corrected chi connectivity index (χ3v) is 6.26. The minimum Gasteiger partial charge on any atom is -0.293 e. The molecule has 0 N–H and O–H groups in total. The number of aromatic nitrogens is 3. The first-order valence-corrected chi connectivity index (χ1v) is 10.2. The maximum atomic E-state index is 12.7. The van der Waals surface area contributed by atoms with Crippen LogP contribution in [-0.4, -0.2) is 26.1 Å². The molecule has 134 valence electrons. The number of carbonyl (C=O) groups is 1. The number of hydrogen-bond donors (Lipinski definition) is 0. The van der Waals surface area contributed by atoms with Gasteiger partial charge in [0.15, 0.2) is 16.6 Å². The van der Waals surface area contributed by atoms with Crippen LogP contribution in [0.5, 0.6) is 0 Å². The molecule has 5 rings (SSSR count). The first-order valence-electron chi connectivity index (χ1n) is 9.22. The summed E-state index contributed by atoms with van der Waals surface area (Å²) in [6.45, 7) is 2.08. The number of thioether (sulfide) groups is 1. The Kier molecular flexibility index (Phi) is 3.97. The molecule has 0 saturated carbocycles. The first kappa shape index (κ1) is 16.5. The Bertz CT molecular complexity index is 1200. The second-order valence-corrected chi connectivity index (χ2v) is 8.01. The van der Waals surface area contributed by atoms with E-state index in [9.17, 15) is 4.79 Å². The van der Waals surface area contributed by atoms with Crippen LogP contribution in [0.15, 0.2) is 53.7 Å². The fraction of sp³-hybridized carbons (Fsp3) is 0.227. The molecule has 4 aromatic rings. The van der Waals surface area contributed by atoms with E-state index in [2.05, 4.69) is 41.4 Å². The van der Waals surface area contributed by atoms with Crippen LogP contribution in [0.2, 0.25) is 0 Å². The second kappa shape index (κ2) is 6.50. The SMILES string of the molecule is Cc1cc2nnc(SCC(=O)c3ccc4c(c3)CCC4)n2c2ccccc12. The van der Waals surface area contributed by atoms with Crippen LogP contribution in [0.1, 0.15) is 33.5 Å².